The third-order valence-corrected chi connectivity index (χ3v) is 3.50. The van der Waals surface area contributed by atoms with Gasteiger partial charge in [-0.05, 0) is 48.4 Å². The van der Waals surface area contributed by atoms with Crippen LogP contribution in [0.2, 0.25) is 5.02 Å². The lowest BCUT2D eigenvalue weighted by Gasteiger charge is -2.13. The molecule has 0 saturated carbocycles. The lowest BCUT2D eigenvalue weighted by molar-refractivity contribution is 0.168. The Kier molecular flexibility index (Phi) is 6.26. The number of ether oxygens (including phenoxy) is 1. The number of nitrogens with two attached hydrogens (primary N) is 1. The van der Waals surface area contributed by atoms with Crippen molar-refractivity contribution in [2.45, 2.75) is 20.0 Å². The molecule has 4 N–H and O–H groups in total. The average Bonchev–Trinajstić information content (AvgIpc) is 2.55. The molecule has 23 heavy (non-hydrogen) atoms. The van der Waals surface area contributed by atoms with Crippen LogP contribution in [0.3, 0.4) is 0 Å². The van der Waals surface area contributed by atoms with Crippen molar-refractivity contribution >= 4 is 29.1 Å². The second-order valence-electron chi connectivity index (χ2n) is 4.90. The molecule has 122 valence electrons. The summed E-state index contributed by atoms with van der Waals surface area (Å²) in [6.07, 6.45) is -0.482. The summed E-state index contributed by atoms with van der Waals surface area (Å²) in [7, 11) is 0. The molecule has 0 heterocycles. The molecule has 0 spiro atoms. The maximum absolute atomic E-state index is 11.5. The zero-order valence-electron chi connectivity index (χ0n) is 12.9. The first-order valence-electron chi connectivity index (χ1n) is 7.37. The molecule has 5 nitrogen and oxygen atoms in total. The van der Waals surface area contributed by atoms with Crippen LogP contribution in [-0.2, 0) is 17.8 Å². The Bertz CT molecular complexity index is 659. The van der Waals surface area contributed by atoms with Crippen LogP contribution in [0.25, 0.3) is 0 Å². The second-order valence-corrected chi connectivity index (χ2v) is 5.34. The molecule has 0 unspecified atom stereocenters. The van der Waals surface area contributed by atoms with E-state index in [1.54, 1.807) is 6.92 Å². The van der Waals surface area contributed by atoms with Gasteiger partial charge in [-0.2, -0.15) is 0 Å². The van der Waals surface area contributed by atoms with Gasteiger partial charge in [0, 0.05) is 29.5 Å². The molecule has 2 aromatic carbocycles. The van der Waals surface area contributed by atoms with Gasteiger partial charge in [0.2, 0.25) is 0 Å². The van der Waals surface area contributed by atoms with Crippen molar-refractivity contribution in [3.05, 3.63) is 58.6 Å². The van der Waals surface area contributed by atoms with Gasteiger partial charge in [-0.25, -0.2) is 4.79 Å². The van der Waals surface area contributed by atoms with Crippen LogP contribution in [-0.4, -0.2) is 12.7 Å². The molecular weight excluding hydrogens is 314 g/mol. The number of rotatable bonds is 6. The summed E-state index contributed by atoms with van der Waals surface area (Å²) in [5.74, 6) is 0. The summed E-state index contributed by atoms with van der Waals surface area (Å²) >= 11 is 5.87. The predicted molar refractivity (Wildman–Crippen MR) is 93.8 cm³/mol. The molecule has 0 radical (unpaired) electrons. The SMILES string of the molecule is CCOC(=O)Nc1ccc(NCc2ccc(Cl)cc2)cc1CN. The van der Waals surface area contributed by atoms with E-state index in [1.165, 1.54) is 0 Å². The fraction of sp³-hybridized carbons (Fsp3) is 0.235. The van der Waals surface area contributed by atoms with E-state index in [2.05, 4.69) is 10.6 Å². The number of carbonyl (C=O) groups is 1. The minimum Gasteiger partial charge on any atom is -0.450 e. The Labute approximate surface area is 140 Å². The van der Waals surface area contributed by atoms with Crippen LogP contribution < -0.4 is 16.4 Å². The highest BCUT2D eigenvalue weighted by Gasteiger charge is 2.07. The Morgan fingerprint density at radius 2 is 1.96 bits per heavy atom. The van der Waals surface area contributed by atoms with Crippen LogP contribution in [0.15, 0.2) is 42.5 Å². The standard InChI is InChI=1S/C17H20ClN3O2/c1-2-23-17(22)21-16-8-7-15(9-13(16)10-19)20-11-12-3-5-14(18)6-4-12/h3-9,20H,2,10-11,19H2,1H3,(H,21,22). The highest BCUT2D eigenvalue weighted by Crippen LogP contribution is 2.21. The number of halogens is 1. The van der Waals surface area contributed by atoms with Gasteiger partial charge in [0.25, 0.3) is 0 Å². The third kappa shape index (κ3) is 5.16. The number of amides is 1. The summed E-state index contributed by atoms with van der Waals surface area (Å²) < 4.78 is 4.87. The molecule has 0 saturated heterocycles. The maximum Gasteiger partial charge on any atom is 0.411 e. The molecule has 0 fully saturated rings. The van der Waals surface area contributed by atoms with Crippen molar-refractivity contribution in [3.63, 3.8) is 0 Å². The Morgan fingerprint density at radius 3 is 2.61 bits per heavy atom. The first kappa shape index (κ1) is 17.1. The van der Waals surface area contributed by atoms with Gasteiger partial charge < -0.3 is 15.8 Å². The number of benzene rings is 2. The van der Waals surface area contributed by atoms with Crippen LogP contribution in [0, 0.1) is 0 Å². The second kappa shape index (κ2) is 8.41. The molecule has 6 heteroatoms. The van der Waals surface area contributed by atoms with Gasteiger partial charge in [-0.3, -0.25) is 5.32 Å². The van der Waals surface area contributed by atoms with Crippen molar-refractivity contribution < 1.29 is 9.53 Å². The fourth-order valence-electron chi connectivity index (χ4n) is 2.08. The van der Waals surface area contributed by atoms with Gasteiger partial charge >= 0.3 is 6.09 Å². The van der Waals surface area contributed by atoms with Crippen molar-refractivity contribution in [2.75, 3.05) is 17.2 Å². The van der Waals surface area contributed by atoms with Crippen molar-refractivity contribution in [3.8, 4) is 0 Å². The minimum atomic E-state index is -0.482. The number of nitrogens with one attached hydrogen (secondary N) is 2. The van der Waals surface area contributed by atoms with Crippen LogP contribution >= 0.6 is 11.6 Å². The van der Waals surface area contributed by atoms with E-state index in [0.29, 0.717) is 30.4 Å². The summed E-state index contributed by atoms with van der Waals surface area (Å²) in [5.41, 5.74) is 9.30. The first-order valence-corrected chi connectivity index (χ1v) is 7.75. The normalized spacial score (nSPS) is 10.2. The van der Waals surface area contributed by atoms with E-state index in [-0.39, 0.29) is 0 Å². The molecular formula is C17H20ClN3O2. The van der Waals surface area contributed by atoms with Crippen LogP contribution in [0.5, 0.6) is 0 Å². The smallest absolute Gasteiger partial charge is 0.411 e. The first-order chi connectivity index (χ1) is 11.1. The molecule has 0 atom stereocenters. The lowest BCUT2D eigenvalue weighted by atomic mass is 10.1. The van der Waals surface area contributed by atoms with Crippen molar-refractivity contribution in [1.82, 2.24) is 0 Å². The van der Waals surface area contributed by atoms with Crippen molar-refractivity contribution in [2.24, 2.45) is 5.73 Å². The summed E-state index contributed by atoms with van der Waals surface area (Å²) in [6.45, 7) is 3.07. The molecule has 2 aromatic rings. The zero-order valence-corrected chi connectivity index (χ0v) is 13.7. The Hall–Kier alpha value is -2.24. The number of hydrogen-bond donors (Lipinski definition) is 3. The van der Waals surface area contributed by atoms with Crippen LogP contribution in [0.1, 0.15) is 18.1 Å². The highest BCUT2D eigenvalue weighted by atomic mass is 35.5. The molecule has 0 aliphatic carbocycles. The maximum atomic E-state index is 11.5. The molecule has 0 bridgehead atoms. The largest absolute Gasteiger partial charge is 0.450 e. The highest BCUT2D eigenvalue weighted by molar-refractivity contribution is 6.30. The van der Waals surface area contributed by atoms with Gasteiger partial charge in [-0.1, -0.05) is 23.7 Å². The summed E-state index contributed by atoms with van der Waals surface area (Å²) in [6, 6.07) is 13.3. The summed E-state index contributed by atoms with van der Waals surface area (Å²) in [5, 5.41) is 6.72. The van der Waals surface area contributed by atoms with E-state index in [1.807, 2.05) is 42.5 Å². The monoisotopic (exact) mass is 333 g/mol. The zero-order chi connectivity index (χ0) is 16.7. The van der Waals surface area contributed by atoms with E-state index in [0.717, 1.165) is 16.8 Å². The lowest BCUT2D eigenvalue weighted by Crippen LogP contribution is -2.15. The van der Waals surface area contributed by atoms with E-state index in [4.69, 9.17) is 22.1 Å². The van der Waals surface area contributed by atoms with E-state index >= 15 is 0 Å². The van der Waals surface area contributed by atoms with Crippen molar-refractivity contribution in [1.29, 1.82) is 0 Å². The summed E-state index contributed by atoms with van der Waals surface area (Å²) in [4.78, 5) is 11.5. The third-order valence-electron chi connectivity index (χ3n) is 3.25. The topological polar surface area (TPSA) is 76.4 Å². The van der Waals surface area contributed by atoms with Gasteiger partial charge in [-0.15, -0.1) is 0 Å². The molecule has 0 aromatic heterocycles. The number of carbonyl (C=O) groups excluding carboxylic acids is 1. The predicted octanol–water partition coefficient (Wildman–Crippen LogP) is 3.98. The minimum absolute atomic E-state index is 0.318. The molecule has 1 amide bonds. The molecule has 0 aliphatic rings. The molecule has 2 rings (SSSR count). The van der Waals surface area contributed by atoms with E-state index in [9.17, 15) is 4.79 Å². The van der Waals surface area contributed by atoms with E-state index < -0.39 is 6.09 Å². The van der Waals surface area contributed by atoms with Gasteiger partial charge in [0.15, 0.2) is 0 Å². The van der Waals surface area contributed by atoms with Gasteiger partial charge in [0.1, 0.15) is 0 Å². The van der Waals surface area contributed by atoms with Crippen LogP contribution in [0.4, 0.5) is 16.2 Å². The average molecular weight is 334 g/mol. The number of hydrogen-bond acceptors (Lipinski definition) is 4. The fourth-order valence-corrected chi connectivity index (χ4v) is 2.20. The molecule has 0 aliphatic heterocycles. The van der Waals surface area contributed by atoms with Gasteiger partial charge in [0.05, 0.1) is 6.61 Å². The Morgan fingerprint density at radius 1 is 1.22 bits per heavy atom. The Balaban J connectivity index is 2.03. The quantitative estimate of drug-likeness (QED) is 0.747. The number of anilines is 2.